The molecular formula is C13H15ClFN3. The zero-order valence-electron chi connectivity index (χ0n) is 10.00. The van der Waals surface area contributed by atoms with E-state index >= 15 is 0 Å². The molecule has 1 saturated heterocycles. The van der Waals surface area contributed by atoms with Gasteiger partial charge in [0.1, 0.15) is 5.82 Å². The van der Waals surface area contributed by atoms with Gasteiger partial charge in [0.25, 0.3) is 0 Å². The van der Waals surface area contributed by atoms with Crippen LogP contribution in [0.15, 0.2) is 18.2 Å². The smallest absolute Gasteiger partial charge is 0.128 e. The molecule has 0 saturated carbocycles. The minimum atomic E-state index is -0.293. The molecule has 3 nitrogen and oxygen atoms in total. The van der Waals surface area contributed by atoms with Crippen LogP contribution in [0.5, 0.6) is 0 Å². The number of nitrogens with one attached hydrogen (secondary N) is 1. The molecule has 1 N–H and O–H groups in total. The Morgan fingerprint density at radius 1 is 1.44 bits per heavy atom. The lowest BCUT2D eigenvalue weighted by atomic mass is 10.0. The van der Waals surface area contributed by atoms with Gasteiger partial charge in [0, 0.05) is 36.8 Å². The molecule has 1 aliphatic heterocycles. The first-order chi connectivity index (χ1) is 8.72. The fraction of sp³-hybridized carbons (Fsp3) is 0.462. The molecule has 0 unspecified atom stereocenters. The van der Waals surface area contributed by atoms with Crippen molar-refractivity contribution in [2.24, 2.45) is 0 Å². The summed E-state index contributed by atoms with van der Waals surface area (Å²) in [7, 11) is 0. The SMILES string of the molecule is N#CC[C@H](c1cc(Cl)ccc1F)N1CCNCC1. The average molecular weight is 268 g/mol. The first-order valence-corrected chi connectivity index (χ1v) is 6.37. The molecule has 1 fully saturated rings. The maximum atomic E-state index is 13.9. The van der Waals surface area contributed by atoms with Gasteiger partial charge in [-0.25, -0.2) is 4.39 Å². The predicted octanol–water partition coefficient (Wildman–Crippen LogP) is 2.34. The van der Waals surface area contributed by atoms with Crippen molar-refractivity contribution in [3.8, 4) is 6.07 Å². The van der Waals surface area contributed by atoms with Gasteiger partial charge in [-0.3, -0.25) is 4.90 Å². The van der Waals surface area contributed by atoms with Crippen molar-refractivity contribution in [1.82, 2.24) is 10.2 Å². The van der Waals surface area contributed by atoms with E-state index < -0.39 is 0 Å². The van der Waals surface area contributed by atoms with Crippen molar-refractivity contribution in [2.45, 2.75) is 12.5 Å². The monoisotopic (exact) mass is 267 g/mol. The Morgan fingerprint density at radius 2 is 2.17 bits per heavy atom. The van der Waals surface area contributed by atoms with E-state index in [4.69, 9.17) is 16.9 Å². The van der Waals surface area contributed by atoms with Gasteiger partial charge in [-0.1, -0.05) is 11.6 Å². The van der Waals surface area contributed by atoms with E-state index in [-0.39, 0.29) is 18.3 Å². The van der Waals surface area contributed by atoms with Crippen LogP contribution in [-0.2, 0) is 0 Å². The van der Waals surface area contributed by atoms with Crippen LogP contribution in [0.3, 0.4) is 0 Å². The molecule has 0 spiro atoms. The maximum absolute atomic E-state index is 13.9. The van der Waals surface area contributed by atoms with Crippen molar-refractivity contribution in [2.75, 3.05) is 26.2 Å². The van der Waals surface area contributed by atoms with Gasteiger partial charge in [-0.15, -0.1) is 0 Å². The Morgan fingerprint density at radius 3 is 2.83 bits per heavy atom. The number of hydrogen-bond acceptors (Lipinski definition) is 3. The average Bonchev–Trinajstić information content (AvgIpc) is 2.40. The van der Waals surface area contributed by atoms with Crippen LogP contribution in [0.2, 0.25) is 5.02 Å². The van der Waals surface area contributed by atoms with E-state index in [0.29, 0.717) is 10.6 Å². The van der Waals surface area contributed by atoms with E-state index in [0.717, 1.165) is 26.2 Å². The maximum Gasteiger partial charge on any atom is 0.128 e. The van der Waals surface area contributed by atoms with Gasteiger partial charge in [0.05, 0.1) is 18.5 Å². The summed E-state index contributed by atoms with van der Waals surface area (Å²) >= 11 is 5.92. The molecule has 1 aromatic rings. The number of benzene rings is 1. The fourth-order valence-corrected chi connectivity index (χ4v) is 2.47. The number of hydrogen-bond donors (Lipinski definition) is 1. The summed E-state index contributed by atoms with van der Waals surface area (Å²) in [6.07, 6.45) is 0.275. The molecule has 0 aliphatic carbocycles. The van der Waals surface area contributed by atoms with Gasteiger partial charge in [0.15, 0.2) is 0 Å². The third-order valence-electron chi connectivity index (χ3n) is 3.19. The molecule has 96 valence electrons. The minimum absolute atomic E-state index is 0.212. The molecule has 1 heterocycles. The highest BCUT2D eigenvalue weighted by molar-refractivity contribution is 6.30. The van der Waals surface area contributed by atoms with Crippen LogP contribution in [0, 0.1) is 17.1 Å². The highest BCUT2D eigenvalue weighted by Crippen LogP contribution is 2.28. The molecule has 1 aromatic carbocycles. The minimum Gasteiger partial charge on any atom is -0.314 e. The largest absolute Gasteiger partial charge is 0.314 e. The Bertz CT molecular complexity index is 452. The van der Waals surface area contributed by atoms with Gasteiger partial charge >= 0.3 is 0 Å². The lowest BCUT2D eigenvalue weighted by Crippen LogP contribution is -2.45. The molecule has 18 heavy (non-hydrogen) atoms. The van der Waals surface area contributed by atoms with Crippen molar-refractivity contribution >= 4 is 11.6 Å². The van der Waals surface area contributed by atoms with Crippen LogP contribution < -0.4 is 5.32 Å². The highest BCUT2D eigenvalue weighted by atomic mass is 35.5. The van der Waals surface area contributed by atoms with Gasteiger partial charge in [0.2, 0.25) is 0 Å². The Balaban J connectivity index is 2.28. The second-order valence-electron chi connectivity index (χ2n) is 4.33. The lowest BCUT2D eigenvalue weighted by molar-refractivity contribution is 0.172. The Kier molecular flexibility index (Phi) is 4.54. The normalized spacial score (nSPS) is 18.3. The third kappa shape index (κ3) is 2.99. The summed E-state index contributed by atoms with van der Waals surface area (Å²) < 4.78 is 13.9. The number of nitrogens with zero attached hydrogens (tertiary/aromatic N) is 2. The number of rotatable bonds is 3. The van der Waals surface area contributed by atoms with Crippen LogP contribution in [0.1, 0.15) is 18.0 Å². The summed E-state index contributed by atoms with van der Waals surface area (Å²) in [6, 6.07) is 6.45. The van der Waals surface area contributed by atoms with Crippen LogP contribution in [-0.4, -0.2) is 31.1 Å². The second kappa shape index (κ2) is 6.14. The zero-order valence-corrected chi connectivity index (χ0v) is 10.8. The van der Waals surface area contributed by atoms with Crippen LogP contribution >= 0.6 is 11.6 Å². The summed E-state index contributed by atoms with van der Waals surface area (Å²) in [5, 5.41) is 12.7. The van der Waals surface area contributed by atoms with Gasteiger partial charge < -0.3 is 5.32 Å². The van der Waals surface area contributed by atoms with E-state index in [1.54, 1.807) is 6.07 Å². The molecule has 1 aliphatic rings. The van der Waals surface area contributed by atoms with Crippen LogP contribution in [0.4, 0.5) is 4.39 Å². The van der Waals surface area contributed by atoms with Crippen LogP contribution in [0.25, 0.3) is 0 Å². The summed E-state index contributed by atoms with van der Waals surface area (Å²) in [5.74, 6) is -0.293. The van der Waals surface area contributed by atoms with E-state index in [1.165, 1.54) is 12.1 Å². The molecule has 0 radical (unpaired) electrons. The number of halogens is 2. The van der Waals surface area contributed by atoms with Crippen molar-refractivity contribution in [1.29, 1.82) is 5.26 Å². The standard InChI is InChI=1S/C13H15ClFN3/c14-10-1-2-12(15)11(9-10)13(3-4-16)18-7-5-17-6-8-18/h1-2,9,13,17H,3,5-8H2/t13-/m1/s1. The van der Waals surface area contributed by atoms with E-state index in [2.05, 4.69) is 16.3 Å². The Hall–Kier alpha value is -1.15. The predicted molar refractivity (Wildman–Crippen MR) is 68.8 cm³/mol. The lowest BCUT2D eigenvalue weighted by Gasteiger charge is -2.34. The summed E-state index contributed by atoms with van der Waals surface area (Å²) in [5.41, 5.74) is 0.519. The topological polar surface area (TPSA) is 39.1 Å². The molecule has 2 rings (SSSR count). The molecule has 0 bridgehead atoms. The summed E-state index contributed by atoms with van der Waals surface area (Å²) in [6.45, 7) is 3.37. The fourth-order valence-electron chi connectivity index (χ4n) is 2.29. The van der Waals surface area contributed by atoms with Gasteiger partial charge in [-0.2, -0.15) is 5.26 Å². The molecule has 0 aromatic heterocycles. The molecule has 1 atom stereocenters. The Labute approximate surface area is 111 Å². The van der Waals surface area contributed by atoms with Crippen molar-refractivity contribution in [3.63, 3.8) is 0 Å². The first-order valence-electron chi connectivity index (χ1n) is 5.99. The molecule has 5 heteroatoms. The highest BCUT2D eigenvalue weighted by Gasteiger charge is 2.24. The van der Waals surface area contributed by atoms with E-state index in [9.17, 15) is 4.39 Å². The van der Waals surface area contributed by atoms with Crippen molar-refractivity contribution in [3.05, 3.63) is 34.6 Å². The second-order valence-corrected chi connectivity index (χ2v) is 4.77. The van der Waals surface area contributed by atoms with E-state index in [1.807, 2.05) is 0 Å². The molecule has 0 amide bonds. The third-order valence-corrected chi connectivity index (χ3v) is 3.43. The van der Waals surface area contributed by atoms with Crippen molar-refractivity contribution < 1.29 is 4.39 Å². The number of nitriles is 1. The molecular weight excluding hydrogens is 253 g/mol. The van der Waals surface area contributed by atoms with Gasteiger partial charge in [-0.05, 0) is 18.2 Å². The quantitative estimate of drug-likeness (QED) is 0.914. The first kappa shape index (κ1) is 13.3. The summed E-state index contributed by atoms with van der Waals surface area (Å²) in [4.78, 5) is 2.13. The number of piperazine rings is 1. The zero-order chi connectivity index (χ0) is 13.0.